The van der Waals surface area contributed by atoms with Crippen LogP contribution in [-0.4, -0.2) is 20.7 Å². The van der Waals surface area contributed by atoms with Gasteiger partial charge in [-0.2, -0.15) is 0 Å². The van der Waals surface area contributed by atoms with E-state index in [-0.39, 0.29) is 5.69 Å². The van der Waals surface area contributed by atoms with Crippen molar-refractivity contribution in [2.45, 2.75) is 6.92 Å². The first kappa shape index (κ1) is 6.15. The summed E-state index contributed by atoms with van der Waals surface area (Å²) in [4.78, 5) is 10.8. The molecule has 0 spiro atoms. The SMILES string of the molecule is Cc1snnc1C(=O)O. The van der Waals surface area contributed by atoms with Crippen LogP contribution >= 0.6 is 11.5 Å². The van der Waals surface area contributed by atoms with E-state index in [0.29, 0.717) is 4.88 Å². The Balaban J connectivity index is 3.08. The number of nitrogens with zero attached hydrogens (tertiary/aromatic N) is 2. The van der Waals surface area contributed by atoms with Gasteiger partial charge in [0.1, 0.15) is 0 Å². The summed E-state index contributed by atoms with van der Waals surface area (Å²) >= 11 is 1.09. The second-order valence-corrected chi connectivity index (χ2v) is 2.44. The first-order valence-electron chi connectivity index (χ1n) is 2.24. The minimum absolute atomic E-state index is 0.0556. The fourth-order valence-electron chi connectivity index (χ4n) is 0.429. The molecular formula is C4H4N2O2S. The van der Waals surface area contributed by atoms with E-state index in [9.17, 15) is 4.79 Å². The van der Waals surface area contributed by atoms with E-state index < -0.39 is 5.97 Å². The number of aromatic carboxylic acids is 1. The van der Waals surface area contributed by atoms with Crippen LogP contribution in [0.3, 0.4) is 0 Å². The van der Waals surface area contributed by atoms with Crippen molar-refractivity contribution in [2.75, 3.05) is 0 Å². The number of aryl methyl sites for hydroxylation is 1. The molecule has 0 saturated carbocycles. The summed E-state index contributed by atoms with van der Waals surface area (Å²) in [5.41, 5.74) is 0.0556. The van der Waals surface area contributed by atoms with Gasteiger partial charge >= 0.3 is 5.97 Å². The molecule has 1 N–H and O–H groups in total. The molecule has 0 unspecified atom stereocenters. The van der Waals surface area contributed by atoms with Crippen molar-refractivity contribution < 1.29 is 9.90 Å². The predicted octanol–water partition coefficient (Wildman–Crippen LogP) is 0.545. The van der Waals surface area contributed by atoms with Crippen LogP contribution in [0, 0.1) is 6.92 Å². The van der Waals surface area contributed by atoms with Crippen LogP contribution in [0.5, 0.6) is 0 Å². The third-order valence-corrected chi connectivity index (χ3v) is 1.49. The lowest BCUT2D eigenvalue weighted by molar-refractivity contribution is 0.0690. The highest BCUT2D eigenvalue weighted by atomic mass is 32.1. The number of hydrogen-bond acceptors (Lipinski definition) is 4. The van der Waals surface area contributed by atoms with E-state index in [1.165, 1.54) is 0 Å². The van der Waals surface area contributed by atoms with Gasteiger partial charge in [-0.15, -0.1) is 5.10 Å². The van der Waals surface area contributed by atoms with Crippen LogP contribution in [0.25, 0.3) is 0 Å². The van der Waals surface area contributed by atoms with Crippen LogP contribution in [0.1, 0.15) is 15.4 Å². The Kier molecular flexibility index (Phi) is 1.44. The maximum atomic E-state index is 10.2. The largest absolute Gasteiger partial charge is 0.476 e. The highest BCUT2D eigenvalue weighted by Gasteiger charge is 2.09. The van der Waals surface area contributed by atoms with E-state index in [1.807, 2.05) is 0 Å². The predicted molar refractivity (Wildman–Crippen MR) is 31.6 cm³/mol. The maximum Gasteiger partial charge on any atom is 0.357 e. The number of rotatable bonds is 1. The summed E-state index contributed by atoms with van der Waals surface area (Å²) in [6.07, 6.45) is 0. The quantitative estimate of drug-likeness (QED) is 0.625. The lowest BCUT2D eigenvalue weighted by Gasteiger charge is -1.82. The Hall–Kier alpha value is -0.970. The topological polar surface area (TPSA) is 63.1 Å². The minimum atomic E-state index is -1.01. The number of aromatic nitrogens is 2. The van der Waals surface area contributed by atoms with Gasteiger partial charge in [-0.1, -0.05) is 4.49 Å². The molecule has 1 heterocycles. The summed E-state index contributed by atoms with van der Waals surface area (Å²) in [5.74, 6) is -1.01. The second-order valence-electron chi connectivity index (χ2n) is 1.48. The van der Waals surface area contributed by atoms with E-state index in [1.54, 1.807) is 6.92 Å². The number of carboxylic acid groups (broad SMARTS) is 1. The van der Waals surface area contributed by atoms with Crippen molar-refractivity contribution in [1.29, 1.82) is 0 Å². The molecule has 48 valence electrons. The monoisotopic (exact) mass is 144 g/mol. The molecule has 0 radical (unpaired) electrons. The molecule has 1 rings (SSSR count). The molecule has 0 amide bonds. The van der Waals surface area contributed by atoms with Crippen molar-refractivity contribution in [3.05, 3.63) is 10.6 Å². The third kappa shape index (κ3) is 1.05. The molecule has 9 heavy (non-hydrogen) atoms. The molecule has 0 saturated heterocycles. The average molecular weight is 144 g/mol. The summed E-state index contributed by atoms with van der Waals surface area (Å²) in [5, 5.41) is 11.7. The summed E-state index contributed by atoms with van der Waals surface area (Å²) in [6, 6.07) is 0. The maximum absolute atomic E-state index is 10.2. The van der Waals surface area contributed by atoms with E-state index in [4.69, 9.17) is 5.11 Å². The highest BCUT2D eigenvalue weighted by molar-refractivity contribution is 7.05. The van der Waals surface area contributed by atoms with E-state index in [0.717, 1.165) is 11.5 Å². The van der Waals surface area contributed by atoms with Gasteiger partial charge < -0.3 is 5.11 Å². The molecule has 0 fully saturated rings. The fraction of sp³-hybridized carbons (Fsp3) is 0.250. The third-order valence-electron chi connectivity index (χ3n) is 0.855. The molecule has 1 aromatic rings. The van der Waals surface area contributed by atoms with Gasteiger partial charge in [0.25, 0.3) is 0 Å². The van der Waals surface area contributed by atoms with Crippen molar-refractivity contribution >= 4 is 17.5 Å². The van der Waals surface area contributed by atoms with Crippen molar-refractivity contribution in [3.8, 4) is 0 Å². The van der Waals surface area contributed by atoms with Crippen LogP contribution in [0.2, 0.25) is 0 Å². The van der Waals surface area contributed by atoms with Gasteiger partial charge in [0.05, 0.1) is 4.88 Å². The summed E-state index contributed by atoms with van der Waals surface area (Å²) < 4.78 is 3.45. The average Bonchev–Trinajstić information content (AvgIpc) is 2.13. The number of hydrogen-bond donors (Lipinski definition) is 1. The second kappa shape index (κ2) is 2.10. The zero-order chi connectivity index (χ0) is 6.85. The van der Waals surface area contributed by atoms with Crippen LogP contribution in [0.15, 0.2) is 0 Å². The minimum Gasteiger partial charge on any atom is -0.476 e. The Morgan fingerprint density at radius 1 is 1.78 bits per heavy atom. The van der Waals surface area contributed by atoms with Gasteiger partial charge in [0.2, 0.25) is 0 Å². The molecule has 1 aromatic heterocycles. The van der Waals surface area contributed by atoms with Gasteiger partial charge in [-0.25, -0.2) is 4.79 Å². The van der Waals surface area contributed by atoms with Crippen molar-refractivity contribution in [3.63, 3.8) is 0 Å². The Morgan fingerprint density at radius 2 is 2.44 bits per heavy atom. The smallest absolute Gasteiger partial charge is 0.357 e. The first-order valence-corrected chi connectivity index (χ1v) is 3.01. The summed E-state index contributed by atoms with van der Waals surface area (Å²) in [7, 11) is 0. The lowest BCUT2D eigenvalue weighted by atomic mass is 10.4. The van der Waals surface area contributed by atoms with Crippen LogP contribution < -0.4 is 0 Å². The molecule has 4 nitrogen and oxygen atoms in total. The Morgan fingerprint density at radius 3 is 2.67 bits per heavy atom. The van der Waals surface area contributed by atoms with E-state index in [2.05, 4.69) is 9.59 Å². The van der Waals surface area contributed by atoms with Crippen molar-refractivity contribution in [2.24, 2.45) is 0 Å². The van der Waals surface area contributed by atoms with Gasteiger partial charge in [-0.05, 0) is 18.5 Å². The first-order chi connectivity index (χ1) is 4.22. The van der Waals surface area contributed by atoms with Crippen LogP contribution in [-0.2, 0) is 0 Å². The Labute approximate surface area is 55.3 Å². The van der Waals surface area contributed by atoms with Crippen molar-refractivity contribution in [1.82, 2.24) is 9.59 Å². The van der Waals surface area contributed by atoms with Gasteiger partial charge in [0.15, 0.2) is 5.69 Å². The zero-order valence-electron chi connectivity index (χ0n) is 4.66. The van der Waals surface area contributed by atoms with Gasteiger partial charge in [-0.3, -0.25) is 0 Å². The molecule has 0 aromatic carbocycles. The van der Waals surface area contributed by atoms with Gasteiger partial charge in [0, 0.05) is 0 Å². The molecule has 0 atom stereocenters. The molecule has 0 bridgehead atoms. The molecular weight excluding hydrogens is 140 g/mol. The normalized spacial score (nSPS) is 9.44. The number of carboxylic acids is 1. The standard InChI is InChI=1S/C4H4N2O2S/c1-2-3(4(7)8)5-6-9-2/h1H3,(H,7,8). The fourth-order valence-corrected chi connectivity index (χ4v) is 0.889. The molecule has 0 aliphatic rings. The molecule has 5 heteroatoms. The highest BCUT2D eigenvalue weighted by Crippen LogP contribution is 2.06. The molecule has 0 aliphatic carbocycles. The van der Waals surface area contributed by atoms with E-state index >= 15 is 0 Å². The molecule has 0 aliphatic heterocycles. The zero-order valence-corrected chi connectivity index (χ0v) is 5.47. The lowest BCUT2D eigenvalue weighted by Crippen LogP contribution is -1.97. The van der Waals surface area contributed by atoms with Crippen LogP contribution in [0.4, 0.5) is 0 Å². The number of carbonyl (C=O) groups is 1. The summed E-state index contributed by atoms with van der Waals surface area (Å²) in [6.45, 7) is 1.67. The Bertz CT molecular complexity index is 232.